The summed E-state index contributed by atoms with van der Waals surface area (Å²) >= 11 is 0. The number of benzene rings is 3. The summed E-state index contributed by atoms with van der Waals surface area (Å²) in [6.07, 6.45) is -1.09. The van der Waals surface area contributed by atoms with E-state index in [9.17, 15) is 9.90 Å². The van der Waals surface area contributed by atoms with Crippen LogP contribution in [0.2, 0.25) is 0 Å². The maximum Gasteiger partial charge on any atom is 0.349 e. The van der Waals surface area contributed by atoms with Crippen LogP contribution in [0.25, 0.3) is 0 Å². The fourth-order valence-corrected chi connectivity index (χ4v) is 2.44. The molecule has 0 heterocycles. The fourth-order valence-electron chi connectivity index (χ4n) is 2.44. The normalized spacial score (nSPS) is 11.4. The van der Waals surface area contributed by atoms with E-state index in [0.717, 1.165) is 0 Å². The third-order valence-electron chi connectivity index (χ3n) is 3.66. The van der Waals surface area contributed by atoms with Crippen molar-refractivity contribution in [2.45, 2.75) is 6.10 Å². The van der Waals surface area contributed by atoms with Crippen LogP contribution in [0.4, 0.5) is 0 Å². The summed E-state index contributed by atoms with van der Waals surface area (Å²) in [6, 6.07) is 22.9. The van der Waals surface area contributed by atoms with Crippen molar-refractivity contribution in [2.75, 3.05) is 7.11 Å². The fraction of sp³-hybridized carbons (Fsp3) is 0.0952. The van der Waals surface area contributed by atoms with Gasteiger partial charge in [-0.25, -0.2) is 4.79 Å². The quantitative estimate of drug-likeness (QED) is 0.669. The molecule has 0 saturated carbocycles. The Bertz CT molecular complexity index is 876. The SMILES string of the molecule is COc1cccc(Oc2cccc(OC(C(=O)O)c3ccccc3)c2)c1. The van der Waals surface area contributed by atoms with Crippen molar-refractivity contribution in [2.24, 2.45) is 0 Å². The van der Waals surface area contributed by atoms with Crippen LogP contribution in [0.1, 0.15) is 11.7 Å². The predicted molar refractivity (Wildman–Crippen MR) is 97.0 cm³/mol. The molecular formula is C21H18O5. The summed E-state index contributed by atoms with van der Waals surface area (Å²) in [5.41, 5.74) is 0.569. The second-order valence-electron chi connectivity index (χ2n) is 5.50. The van der Waals surface area contributed by atoms with Gasteiger partial charge in [0.15, 0.2) is 0 Å². The molecule has 1 N–H and O–H groups in total. The van der Waals surface area contributed by atoms with Crippen LogP contribution in [0, 0.1) is 0 Å². The van der Waals surface area contributed by atoms with E-state index in [4.69, 9.17) is 14.2 Å². The van der Waals surface area contributed by atoms with E-state index in [1.807, 2.05) is 18.2 Å². The molecule has 0 amide bonds. The minimum atomic E-state index is -1.09. The first-order chi connectivity index (χ1) is 12.7. The van der Waals surface area contributed by atoms with Crippen LogP contribution in [0.15, 0.2) is 78.9 Å². The van der Waals surface area contributed by atoms with Crippen molar-refractivity contribution < 1.29 is 24.1 Å². The average Bonchev–Trinajstić information content (AvgIpc) is 2.67. The van der Waals surface area contributed by atoms with Gasteiger partial charge in [-0.2, -0.15) is 0 Å². The Labute approximate surface area is 151 Å². The molecule has 3 rings (SSSR count). The first-order valence-electron chi connectivity index (χ1n) is 8.02. The molecule has 0 spiro atoms. The molecule has 0 aliphatic heterocycles. The monoisotopic (exact) mass is 350 g/mol. The molecule has 132 valence electrons. The lowest BCUT2D eigenvalue weighted by atomic mass is 10.1. The van der Waals surface area contributed by atoms with E-state index in [1.165, 1.54) is 0 Å². The Hall–Kier alpha value is -3.47. The van der Waals surface area contributed by atoms with Gasteiger partial charge in [0.1, 0.15) is 23.0 Å². The summed E-state index contributed by atoms with van der Waals surface area (Å²) < 4.78 is 16.7. The third kappa shape index (κ3) is 4.33. The topological polar surface area (TPSA) is 65.0 Å². The van der Waals surface area contributed by atoms with Gasteiger partial charge in [-0.1, -0.05) is 42.5 Å². The molecule has 3 aromatic carbocycles. The minimum Gasteiger partial charge on any atom is -0.497 e. The van der Waals surface area contributed by atoms with Crippen molar-refractivity contribution in [3.63, 3.8) is 0 Å². The lowest BCUT2D eigenvalue weighted by Gasteiger charge is -2.16. The third-order valence-corrected chi connectivity index (χ3v) is 3.66. The molecule has 3 aromatic rings. The number of aliphatic carboxylic acids is 1. The predicted octanol–water partition coefficient (Wildman–Crippen LogP) is 4.69. The molecule has 26 heavy (non-hydrogen) atoms. The molecule has 0 bridgehead atoms. The van der Waals surface area contributed by atoms with Crippen LogP contribution in [-0.4, -0.2) is 18.2 Å². The van der Waals surface area contributed by atoms with Gasteiger partial charge in [0.25, 0.3) is 0 Å². The number of hydrogen-bond acceptors (Lipinski definition) is 4. The standard InChI is InChI=1S/C21H18O5/c1-24-16-9-5-10-17(13-16)25-18-11-6-12-19(14-18)26-20(21(22)23)15-7-3-2-4-8-15/h2-14,20H,1H3,(H,22,23). The largest absolute Gasteiger partial charge is 0.497 e. The molecule has 5 heteroatoms. The van der Waals surface area contributed by atoms with Crippen LogP contribution >= 0.6 is 0 Å². The van der Waals surface area contributed by atoms with Gasteiger partial charge in [-0.3, -0.25) is 0 Å². The van der Waals surface area contributed by atoms with Crippen molar-refractivity contribution in [3.05, 3.63) is 84.4 Å². The summed E-state index contributed by atoms with van der Waals surface area (Å²) in [4.78, 5) is 11.6. The van der Waals surface area contributed by atoms with Crippen LogP contribution < -0.4 is 14.2 Å². The maximum atomic E-state index is 11.6. The van der Waals surface area contributed by atoms with Gasteiger partial charge in [0.2, 0.25) is 6.10 Å². The highest BCUT2D eigenvalue weighted by Crippen LogP contribution is 2.29. The highest BCUT2D eigenvalue weighted by atomic mass is 16.5. The number of carboxylic acids is 1. The average molecular weight is 350 g/mol. The number of methoxy groups -OCH3 is 1. The van der Waals surface area contributed by atoms with Crippen LogP contribution in [-0.2, 0) is 4.79 Å². The van der Waals surface area contributed by atoms with E-state index < -0.39 is 12.1 Å². The van der Waals surface area contributed by atoms with E-state index in [2.05, 4.69) is 0 Å². The molecule has 0 fully saturated rings. The summed E-state index contributed by atoms with van der Waals surface area (Å²) in [5, 5.41) is 9.48. The van der Waals surface area contributed by atoms with Gasteiger partial charge < -0.3 is 19.3 Å². The molecule has 0 aromatic heterocycles. The Morgan fingerprint density at radius 1 is 0.808 bits per heavy atom. The van der Waals surface area contributed by atoms with Crippen molar-refractivity contribution in [3.8, 4) is 23.0 Å². The molecule has 5 nitrogen and oxygen atoms in total. The van der Waals surface area contributed by atoms with Crippen molar-refractivity contribution in [1.82, 2.24) is 0 Å². The molecule has 1 atom stereocenters. The lowest BCUT2D eigenvalue weighted by molar-refractivity contribution is -0.145. The first kappa shape index (κ1) is 17.4. The summed E-state index contributed by atoms with van der Waals surface area (Å²) in [5.74, 6) is 1.18. The van der Waals surface area contributed by atoms with E-state index in [0.29, 0.717) is 28.6 Å². The van der Waals surface area contributed by atoms with E-state index in [-0.39, 0.29) is 0 Å². The molecule has 0 radical (unpaired) electrons. The Kier molecular flexibility index (Phi) is 5.39. The molecule has 1 unspecified atom stereocenters. The Morgan fingerprint density at radius 3 is 2.00 bits per heavy atom. The second-order valence-corrected chi connectivity index (χ2v) is 5.50. The summed E-state index contributed by atoms with van der Waals surface area (Å²) in [6.45, 7) is 0. The van der Waals surface area contributed by atoms with Crippen molar-refractivity contribution in [1.29, 1.82) is 0 Å². The van der Waals surface area contributed by atoms with Gasteiger partial charge in [-0.15, -0.1) is 0 Å². The number of hydrogen-bond donors (Lipinski definition) is 1. The molecular weight excluding hydrogens is 332 g/mol. The van der Waals surface area contributed by atoms with Crippen LogP contribution in [0.5, 0.6) is 23.0 Å². The van der Waals surface area contributed by atoms with Gasteiger partial charge in [-0.05, 0) is 24.3 Å². The van der Waals surface area contributed by atoms with E-state index in [1.54, 1.807) is 67.8 Å². The molecule has 0 aliphatic carbocycles. The lowest BCUT2D eigenvalue weighted by Crippen LogP contribution is -2.18. The first-order valence-corrected chi connectivity index (χ1v) is 8.02. The van der Waals surface area contributed by atoms with Crippen LogP contribution in [0.3, 0.4) is 0 Å². The second kappa shape index (κ2) is 8.07. The van der Waals surface area contributed by atoms with Gasteiger partial charge in [0.05, 0.1) is 7.11 Å². The number of carbonyl (C=O) groups is 1. The van der Waals surface area contributed by atoms with Gasteiger partial charge >= 0.3 is 5.97 Å². The number of rotatable bonds is 7. The number of ether oxygens (including phenoxy) is 3. The zero-order chi connectivity index (χ0) is 18.4. The summed E-state index contributed by atoms with van der Waals surface area (Å²) in [7, 11) is 1.59. The van der Waals surface area contributed by atoms with Crippen molar-refractivity contribution >= 4 is 5.97 Å². The highest BCUT2D eigenvalue weighted by molar-refractivity contribution is 5.74. The molecule has 0 saturated heterocycles. The highest BCUT2D eigenvalue weighted by Gasteiger charge is 2.21. The smallest absolute Gasteiger partial charge is 0.349 e. The van der Waals surface area contributed by atoms with E-state index >= 15 is 0 Å². The molecule has 0 aliphatic rings. The Balaban J connectivity index is 1.79. The Morgan fingerprint density at radius 2 is 1.38 bits per heavy atom. The number of carboxylic acid groups (broad SMARTS) is 1. The maximum absolute atomic E-state index is 11.6. The zero-order valence-electron chi connectivity index (χ0n) is 14.2. The van der Waals surface area contributed by atoms with Gasteiger partial charge in [0, 0.05) is 17.7 Å². The zero-order valence-corrected chi connectivity index (χ0v) is 14.2. The minimum absolute atomic E-state index is 0.404.